The number of amides is 1. The number of aryl methyl sites for hydroxylation is 1. The molecule has 0 bridgehead atoms. The Bertz CT molecular complexity index is 1250. The van der Waals surface area contributed by atoms with E-state index in [1.165, 1.54) is 0 Å². The van der Waals surface area contributed by atoms with E-state index in [1.54, 1.807) is 7.11 Å². The van der Waals surface area contributed by atoms with E-state index in [2.05, 4.69) is 20.6 Å². The highest BCUT2D eigenvalue weighted by molar-refractivity contribution is 6.02. The van der Waals surface area contributed by atoms with Crippen molar-refractivity contribution in [2.75, 3.05) is 20.2 Å². The maximum atomic E-state index is 13.2. The number of fused-ring (bicyclic) bond motifs is 7. The summed E-state index contributed by atoms with van der Waals surface area (Å²) in [5.41, 5.74) is 7.02. The molecular weight excluding hydrogens is 390 g/mol. The van der Waals surface area contributed by atoms with E-state index < -0.39 is 0 Å². The molecule has 3 N–H and O–H groups in total. The number of aromatic nitrogens is 3. The van der Waals surface area contributed by atoms with E-state index in [4.69, 9.17) is 9.72 Å². The number of aromatic amines is 1. The van der Waals surface area contributed by atoms with Gasteiger partial charge in [0.15, 0.2) is 5.82 Å². The molecule has 3 aromatic rings. The van der Waals surface area contributed by atoms with Crippen LogP contribution < -0.4 is 15.4 Å². The average Bonchev–Trinajstić information content (AvgIpc) is 3.41. The maximum Gasteiger partial charge on any atom is 0.253 e. The summed E-state index contributed by atoms with van der Waals surface area (Å²) in [4.78, 5) is 26.5. The van der Waals surface area contributed by atoms with Crippen molar-refractivity contribution in [1.29, 1.82) is 0 Å². The quantitative estimate of drug-likeness (QED) is 0.600. The minimum absolute atomic E-state index is 0.0143. The molecule has 2 fully saturated rings. The molecule has 0 radical (unpaired) electrons. The fourth-order valence-corrected chi connectivity index (χ4v) is 5.80. The van der Waals surface area contributed by atoms with Crippen LogP contribution in [0.2, 0.25) is 0 Å². The largest absolute Gasteiger partial charge is 0.497 e. The first-order chi connectivity index (χ1) is 15.1. The van der Waals surface area contributed by atoms with Crippen molar-refractivity contribution >= 4 is 5.91 Å². The van der Waals surface area contributed by atoms with Crippen molar-refractivity contribution in [3.05, 3.63) is 52.8 Å². The summed E-state index contributed by atoms with van der Waals surface area (Å²) in [5.74, 6) is 1.57. The summed E-state index contributed by atoms with van der Waals surface area (Å²) >= 11 is 0. The zero-order valence-corrected chi connectivity index (χ0v) is 17.3. The van der Waals surface area contributed by atoms with Gasteiger partial charge in [-0.05, 0) is 61.1 Å². The lowest BCUT2D eigenvalue weighted by molar-refractivity contribution is 0.0811. The number of carbonyl (C=O) groups is 1. The molecule has 1 saturated carbocycles. The van der Waals surface area contributed by atoms with Gasteiger partial charge >= 0.3 is 0 Å². The van der Waals surface area contributed by atoms with Crippen LogP contribution in [0.1, 0.15) is 40.0 Å². The standard InChI is InChI=1S/C24H23N5O2/c1-31-15-5-2-13(3-6-15)21-26-10-14-4-7-16-17-20(27-19(16)18(14)28-21)23(11-25-12-23)24(8-9-24)29-22(17)30/h2-3,5-6,10,25,27H,4,7-9,11-12H2,1H3,(H,29,30). The number of nitrogens with one attached hydrogen (secondary N) is 3. The lowest BCUT2D eigenvalue weighted by Gasteiger charge is -2.51. The van der Waals surface area contributed by atoms with Crippen LogP contribution in [0.5, 0.6) is 5.75 Å². The van der Waals surface area contributed by atoms with E-state index >= 15 is 0 Å². The zero-order valence-electron chi connectivity index (χ0n) is 17.3. The van der Waals surface area contributed by atoms with Gasteiger partial charge in [0.1, 0.15) is 5.75 Å². The number of hydrogen-bond acceptors (Lipinski definition) is 5. The molecule has 2 aromatic heterocycles. The molecule has 1 amide bonds. The predicted octanol–water partition coefficient (Wildman–Crippen LogP) is 2.36. The van der Waals surface area contributed by atoms with Crippen LogP contribution in [0.3, 0.4) is 0 Å². The molecule has 7 nitrogen and oxygen atoms in total. The van der Waals surface area contributed by atoms with Crippen LogP contribution >= 0.6 is 0 Å². The lowest BCUT2D eigenvalue weighted by atomic mass is 9.66. The first-order valence-corrected chi connectivity index (χ1v) is 10.9. The maximum absolute atomic E-state index is 13.2. The molecule has 156 valence electrons. The van der Waals surface area contributed by atoms with E-state index in [0.29, 0.717) is 5.82 Å². The van der Waals surface area contributed by atoms with Gasteiger partial charge in [-0.1, -0.05) is 0 Å². The average molecular weight is 413 g/mol. The van der Waals surface area contributed by atoms with Gasteiger partial charge in [-0.3, -0.25) is 4.79 Å². The van der Waals surface area contributed by atoms with Crippen molar-refractivity contribution in [2.45, 2.75) is 36.6 Å². The summed E-state index contributed by atoms with van der Waals surface area (Å²) in [5, 5.41) is 6.84. The smallest absolute Gasteiger partial charge is 0.253 e. The van der Waals surface area contributed by atoms with Gasteiger partial charge in [0.05, 0.1) is 35.0 Å². The molecule has 1 saturated heterocycles. The molecule has 1 aromatic carbocycles. The fourth-order valence-electron chi connectivity index (χ4n) is 5.80. The normalized spacial score (nSPS) is 21.0. The third kappa shape index (κ3) is 2.14. The monoisotopic (exact) mass is 413 g/mol. The van der Waals surface area contributed by atoms with E-state index in [9.17, 15) is 4.79 Å². The Hall–Kier alpha value is -3.19. The van der Waals surface area contributed by atoms with Crippen LogP contribution in [0.15, 0.2) is 30.5 Å². The molecule has 7 rings (SSSR count). The van der Waals surface area contributed by atoms with Crippen molar-refractivity contribution in [3.8, 4) is 28.5 Å². The molecule has 4 heterocycles. The number of hydrogen-bond donors (Lipinski definition) is 3. The molecule has 0 atom stereocenters. The Morgan fingerprint density at radius 1 is 1.10 bits per heavy atom. The predicted molar refractivity (Wildman–Crippen MR) is 115 cm³/mol. The topological polar surface area (TPSA) is 91.9 Å². The molecule has 7 heteroatoms. The molecule has 4 aliphatic rings. The van der Waals surface area contributed by atoms with E-state index in [0.717, 1.165) is 83.9 Å². The van der Waals surface area contributed by atoms with E-state index in [1.807, 2.05) is 30.5 Å². The van der Waals surface area contributed by atoms with Crippen molar-refractivity contribution < 1.29 is 9.53 Å². The first kappa shape index (κ1) is 17.5. The lowest BCUT2D eigenvalue weighted by Crippen LogP contribution is -2.71. The summed E-state index contributed by atoms with van der Waals surface area (Å²) in [6.07, 6.45) is 5.74. The number of carbonyl (C=O) groups excluding carboxylic acids is 1. The highest BCUT2D eigenvalue weighted by Gasteiger charge is 2.67. The molecule has 2 spiro atoms. The third-order valence-corrected chi connectivity index (χ3v) is 7.78. The first-order valence-electron chi connectivity index (χ1n) is 10.9. The van der Waals surface area contributed by atoms with Gasteiger partial charge in [0.25, 0.3) is 5.91 Å². The van der Waals surface area contributed by atoms with E-state index in [-0.39, 0.29) is 16.9 Å². The number of benzene rings is 1. The van der Waals surface area contributed by atoms with Crippen molar-refractivity contribution in [1.82, 2.24) is 25.6 Å². The van der Waals surface area contributed by atoms with Gasteiger partial charge in [0.2, 0.25) is 0 Å². The number of H-pyrrole nitrogens is 1. The van der Waals surface area contributed by atoms with Crippen LogP contribution in [0.25, 0.3) is 22.8 Å². The molecular formula is C24H23N5O2. The Balaban J connectivity index is 1.39. The van der Waals surface area contributed by atoms with Crippen molar-refractivity contribution in [3.63, 3.8) is 0 Å². The van der Waals surface area contributed by atoms with Gasteiger partial charge in [-0.15, -0.1) is 0 Å². The number of nitrogens with zero attached hydrogens (tertiary/aromatic N) is 2. The Kier molecular flexibility index (Phi) is 3.23. The van der Waals surface area contributed by atoms with Gasteiger partial charge in [-0.25, -0.2) is 9.97 Å². The second-order valence-corrected chi connectivity index (χ2v) is 9.25. The summed E-state index contributed by atoms with van der Waals surface area (Å²) in [6.45, 7) is 1.82. The van der Waals surface area contributed by atoms with Crippen LogP contribution in [0, 0.1) is 0 Å². The third-order valence-electron chi connectivity index (χ3n) is 7.78. The van der Waals surface area contributed by atoms with Crippen LogP contribution in [-0.2, 0) is 18.3 Å². The highest BCUT2D eigenvalue weighted by Crippen LogP contribution is 2.57. The van der Waals surface area contributed by atoms with Crippen LogP contribution in [0.4, 0.5) is 0 Å². The Morgan fingerprint density at radius 2 is 1.90 bits per heavy atom. The van der Waals surface area contributed by atoms with Gasteiger partial charge < -0.3 is 20.4 Å². The SMILES string of the molecule is COc1ccc(-c2ncc3c(n2)-c2[nH]c4c(c2CC3)C(=O)NC2(CC2)C42CNC2)cc1. The molecule has 0 unspecified atom stereocenters. The Morgan fingerprint density at radius 3 is 2.58 bits per heavy atom. The molecule has 2 aliphatic heterocycles. The van der Waals surface area contributed by atoms with Crippen molar-refractivity contribution in [2.24, 2.45) is 0 Å². The van der Waals surface area contributed by atoms with Gasteiger partial charge in [0, 0.05) is 30.5 Å². The second-order valence-electron chi connectivity index (χ2n) is 9.25. The highest BCUT2D eigenvalue weighted by atomic mass is 16.5. The molecule has 2 aliphatic carbocycles. The number of methoxy groups -OCH3 is 1. The number of ether oxygens (including phenoxy) is 1. The van der Waals surface area contributed by atoms with Crippen LogP contribution in [-0.4, -0.2) is 46.6 Å². The fraction of sp³-hybridized carbons (Fsp3) is 0.375. The zero-order chi connectivity index (χ0) is 20.8. The summed E-state index contributed by atoms with van der Waals surface area (Å²) in [6, 6.07) is 7.79. The van der Waals surface area contributed by atoms with Gasteiger partial charge in [-0.2, -0.15) is 0 Å². The number of rotatable bonds is 2. The second kappa shape index (κ2) is 5.73. The summed E-state index contributed by atoms with van der Waals surface area (Å²) < 4.78 is 5.27. The minimum Gasteiger partial charge on any atom is -0.497 e. The molecule has 31 heavy (non-hydrogen) atoms. The minimum atomic E-state index is -0.0709. The summed E-state index contributed by atoms with van der Waals surface area (Å²) in [7, 11) is 1.66. The Labute approximate surface area is 179 Å².